The third kappa shape index (κ3) is 0.913. The summed E-state index contributed by atoms with van der Waals surface area (Å²) in [5.41, 5.74) is 2.81. The molecule has 2 aliphatic rings. The molecule has 2 aliphatic heterocycles. The number of allylic oxidation sites excluding steroid dienone is 2. The average Bonchev–Trinajstić information content (AvgIpc) is 2.58. The summed E-state index contributed by atoms with van der Waals surface area (Å²) in [6.45, 7) is 0. The van der Waals surface area contributed by atoms with Gasteiger partial charge in [0.15, 0.2) is 6.23 Å². The number of rotatable bonds is 1. The van der Waals surface area contributed by atoms with Crippen molar-refractivity contribution in [3.63, 3.8) is 0 Å². The number of hydrogen-bond acceptors (Lipinski definition) is 2. The Balaban J connectivity index is 2.12. The Morgan fingerprint density at radius 2 is 2.56 bits per heavy atom. The van der Waals surface area contributed by atoms with Gasteiger partial charge in [0.1, 0.15) is 0 Å². The molecule has 0 bridgehead atoms. The van der Waals surface area contributed by atoms with E-state index in [1.807, 2.05) is 0 Å². The van der Waals surface area contributed by atoms with Gasteiger partial charge in [-0.2, -0.15) is 5.48 Å². The summed E-state index contributed by atoms with van der Waals surface area (Å²) < 4.78 is 0. The largest absolute Gasteiger partial charge is 0.272 e. The molecule has 0 aromatic rings. The molecule has 0 aromatic heterocycles. The molecule has 50 valence electrons. The number of hydrogen-bond donors (Lipinski definition) is 2. The van der Waals surface area contributed by atoms with Crippen LogP contribution in [0.4, 0.5) is 0 Å². The van der Waals surface area contributed by atoms with E-state index in [2.05, 4.69) is 29.3 Å². The van der Waals surface area contributed by atoms with Crippen molar-refractivity contribution in [1.82, 2.24) is 5.48 Å². The molecular weight excluding hydrogens is 134 g/mol. The summed E-state index contributed by atoms with van der Waals surface area (Å²) in [6, 6.07) is 0. The Kier molecular flexibility index (Phi) is 1.15. The van der Waals surface area contributed by atoms with Crippen LogP contribution in [0, 0.1) is 0 Å². The van der Waals surface area contributed by atoms with Crippen molar-refractivity contribution in [2.24, 2.45) is 0 Å². The predicted octanol–water partition coefficient (Wildman–Crippen LogP) is 0.889. The van der Waals surface area contributed by atoms with Gasteiger partial charge in [-0.15, -0.1) is 0 Å². The third-order valence-electron chi connectivity index (χ3n) is 1.49. The van der Waals surface area contributed by atoms with Crippen molar-refractivity contribution in [3.05, 3.63) is 22.5 Å². The first kappa shape index (κ1) is 5.53. The van der Waals surface area contributed by atoms with Crippen molar-refractivity contribution in [3.8, 4) is 0 Å². The second-order valence-electron chi connectivity index (χ2n) is 2.16. The fraction of sp³-hybridized carbons (Fsp3) is 0.333. The zero-order valence-corrected chi connectivity index (χ0v) is 6.06. The van der Waals surface area contributed by atoms with Crippen molar-refractivity contribution >= 4 is 10.9 Å². The topological polar surface area (TPSA) is 34.5 Å². The molecule has 1 saturated heterocycles. The first-order valence-corrected chi connectivity index (χ1v) is 4.76. The van der Waals surface area contributed by atoms with Crippen LogP contribution in [-0.2, 0) is 4.84 Å². The zero-order valence-electron chi connectivity index (χ0n) is 5.16. The normalized spacial score (nSPS) is 43.0. The van der Waals surface area contributed by atoms with E-state index < -0.39 is 0 Å². The molecule has 2 heterocycles. The van der Waals surface area contributed by atoms with Gasteiger partial charge in [0, 0.05) is 4.91 Å². The van der Waals surface area contributed by atoms with E-state index in [9.17, 15) is 0 Å². The van der Waals surface area contributed by atoms with Gasteiger partial charge in [-0.1, -0.05) is 6.08 Å². The number of nitrogens with one attached hydrogen (secondary N) is 1. The second kappa shape index (κ2) is 1.87. The van der Waals surface area contributed by atoms with Crippen molar-refractivity contribution in [2.75, 3.05) is 6.26 Å². The first-order chi connectivity index (χ1) is 4.38. The van der Waals surface area contributed by atoms with Crippen molar-refractivity contribution in [2.45, 2.75) is 6.23 Å². The van der Waals surface area contributed by atoms with Gasteiger partial charge in [-0.3, -0.25) is 4.84 Å². The predicted molar refractivity (Wildman–Crippen MR) is 40.1 cm³/mol. The van der Waals surface area contributed by atoms with Crippen LogP contribution in [0.1, 0.15) is 0 Å². The fourth-order valence-electron chi connectivity index (χ4n) is 0.901. The van der Waals surface area contributed by atoms with Crippen LogP contribution in [-0.4, -0.2) is 12.5 Å². The lowest BCUT2D eigenvalue weighted by Gasteiger charge is -2.06. The minimum atomic E-state index is -0.0123. The lowest BCUT2D eigenvalue weighted by molar-refractivity contribution is 0.389. The zero-order chi connectivity index (χ0) is 6.27. The molecule has 1 N–H and O–H groups in total. The Bertz CT molecular complexity index is 183. The van der Waals surface area contributed by atoms with Gasteiger partial charge in [-0.05, 0) is 17.7 Å². The van der Waals surface area contributed by atoms with Crippen molar-refractivity contribution in [1.29, 1.82) is 0 Å². The number of thiol groups is 1. The lowest BCUT2D eigenvalue weighted by Crippen LogP contribution is -1.92. The highest BCUT2D eigenvalue weighted by Gasteiger charge is 2.29. The summed E-state index contributed by atoms with van der Waals surface area (Å²) in [5, 5.41) is 2.23. The summed E-state index contributed by atoms with van der Waals surface area (Å²) in [4.78, 5) is 6.33. The molecule has 2 unspecified atom stereocenters. The molecule has 3 heteroatoms. The van der Waals surface area contributed by atoms with Gasteiger partial charge in [0.25, 0.3) is 0 Å². The van der Waals surface area contributed by atoms with Gasteiger partial charge in [0.05, 0.1) is 0 Å². The third-order valence-corrected chi connectivity index (χ3v) is 3.31. The van der Waals surface area contributed by atoms with Crippen LogP contribution in [0.3, 0.4) is 0 Å². The van der Waals surface area contributed by atoms with Crippen molar-refractivity contribution < 1.29 is 4.84 Å². The van der Waals surface area contributed by atoms with Crippen LogP contribution in [0.2, 0.25) is 0 Å². The lowest BCUT2D eigenvalue weighted by atomic mass is 10.5. The van der Waals surface area contributed by atoms with Gasteiger partial charge >= 0.3 is 0 Å². The van der Waals surface area contributed by atoms with E-state index >= 15 is 0 Å². The highest BCUT2D eigenvalue weighted by Crippen LogP contribution is 2.41. The maximum Gasteiger partial charge on any atom is 0.181 e. The SMILES string of the molecule is C[SH]1C=CC=C1C1NO1. The maximum atomic E-state index is 4.92. The summed E-state index contributed by atoms with van der Waals surface area (Å²) in [5.74, 6) is 0. The van der Waals surface area contributed by atoms with Gasteiger partial charge in [0.2, 0.25) is 0 Å². The van der Waals surface area contributed by atoms with Crippen LogP contribution >= 0.6 is 10.9 Å². The van der Waals surface area contributed by atoms with Crippen LogP contribution in [0.15, 0.2) is 22.5 Å². The molecule has 0 amide bonds. The first-order valence-electron chi connectivity index (χ1n) is 2.90. The maximum absolute atomic E-state index is 4.92. The summed E-state index contributed by atoms with van der Waals surface area (Å²) >= 11 is 0. The Labute approximate surface area is 56.9 Å². The van der Waals surface area contributed by atoms with Gasteiger partial charge in [-0.25, -0.2) is 10.9 Å². The molecule has 2 rings (SSSR count). The van der Waals surface area contributed by atoms with Crippen LogP contribution < -0.4 is 5.48 Å². The van der Waals surface area contributed by atoms with E-state index in [0.717, 1.165) is 0 Å². The molecule has 0 aromatic carbocycles. The highest BCUT2D eigenvalue weighted by molar-refractivity contribution is 8.22. The van der Waals surface area contributed by atoms with E-state index in [-0.39, 0.29) is 17.1 Å². The standard InChI is InChI=1S/C6H9NOS/c1-9-4-2-3-5(9)6-7-8-6/h2-4,6-7,9H,1H3. The Morgan fingerprint density at radius 1 is 1.78 bits per heavy atom. The molecule has 2 nitrogen and oxygen atoms in total. The van der Waals surface area contributed by atoms with Gasteiger partial charge < -0.3 is 0 Å². The minimum Gasteiger partial charge on any atom is -0.272 e. The summed E-state index contributed by atoms with van der Waals surface area (Å²) in [7, 11) is -0.0123. The smallest absolute Gasteiger partial charge is 0.181 e. The Hall–Kier alpha value is -0.250. The monoisotopic (exact) mass is 143 g/mol. The van der Waals surface area contributed by atoms with Crippen LogP contribution in [0.5, 0.6) is 0 Å². The molecule has 0 saturated carbocycles. The average molecular weight is 143 g/mol. The fourth-order valence-corrected chi connectivity index (χ4v) is 2.21. The molecule has 0 aliphatic carbocycles. The number of hydroxylamine groups is 1. The molecule has 0 radical (unpaired) electrons. The second-order valence-corrected chi connectivity index (χ2v) is 4.20. The van der Waals surface area contributed by atoms with Crippen LogP contribution in [0.25, 0.3) is 0 Å². The molecular formula is C6H9NOS. The Morgan fingerprint density at radius 3 is 3.00 bits per heavy atom. The molecule has 2 atom stereocenters. The van der Waals surface area contributed by atoms with E-state index in [4.69, 9.17) is 4.84 Å². The quantitative estimate of drug-likeness (QED) is 0.422. The molecule has 1 fully saturated rings. The van der Waals surface area contributed by atoms with E-state index in [1.165, 1.54) is 4.91 Å². The minimum absolute atomic E-state index is 0.0123. The molecule has 9 heavy (non-hydrogen) atoms. The highest BCUT2D eigenvalue weighted by atomic mass is 32.2. The molecule has 0 spiro atoms. The summed E-state index contributed by atoms with van der Waals surface area (Å²) in [6.07, 6.45) is 6.71. The van der Waals surface area contributed by atoms with E-state index in [0.29, 0.717) is 0 Å². The van der Waals surface area contributed by atoms with E-state index in [1.54, 1.807) is 0 Å².